The Morgan fingerprint density at radius 2 is 2.25 bits per heavy atom. The fourth-order valence-corrected chi connectivity index (χ4v) is 1.96. The van der Waals surface area contributed by atoms with Crippen molar-refractivity contribution in [2.75, 3.05) is 5.73 Å². The molecule has 0 bridgehead atoms. The molecule has 0 unspecified atom stereocenters. The molecule has 0 saturated carbocycles. The molecule has 0 spiro atoms. The van der Waals surface area contributed by atoms with Gasteiger partial charge in [-0.1, -0.05) is 16.8 Å². The lowest BCUT2D eigenvalue weighted by atomic mass is 10.1. The van der Waals surface area contributed by atoms with Crippen LogP contribution in [0.2, 0.25) is 5.02 Å². The summed E-state index contributed by atoms with van der Waals surface area (Å²) in [5.41, 5.74) is 7.94. The average molecular weight is 234 g/mol. The summed E-state index contributed by atoms with van der Waals surface area (Å²) in [5, 5.41) is 5.28. The summed E-state index contributed by atoms with van der Waals surface area (Å²) in [4.78, 5) is 3.11. The molecule has 0 aliphatic carbocycles. The fraction of sp³-hybridized carbons (Fsp3) is 0. The maximum Gasteiger partial charge on any atom is 0.191 e. The van der Waals surface area contributed by atoms with Gasteiger partial charge in [-0.25, -0.2) is 0 Å². The minimum atomic E-state index is 0.479. The standard InChI is InChI=1S/C11H8ClN3O/c12-8-3-6-1-2-14-10(6)4-7(8)11-9(13)5-15-16-11/h1-5,14H,13H2. The van der Waals surface area contributed by atoms with Gasteiger partial charge in [-0.2, -0.15) is 0 Å². The number of nitrogens with zero attached hydrogens (tertiary/aromatic N) is 1. The Bertz CT molecular complexity index is 656. The third-order valence-electron chi connectivity index (χ3n) is 2.48. The number of benzene rings is 1. The van der Waals surface area contributed by atoms with E-state index in [0.29, 0.717) is 16.5 Å². The summed E-state index contributed by atoms with van der Waals surface area (Å²) >= 11 is 6.17. The smallest absolute Gasteiger partial charge is 0.191 e. The maximum atomic E-state index is 6.17. The van der Waals surface area contributed by atoms with Crippen molar-refractivity contribution < 1.29 is 4.52 Å². The highest BCUT2D eigenvalue weighted by Crippen LogP contribution is 2.34. The van der Waals surface area contributed by atoms with Crippen LogP contribution in [-0.2, 0) is 0 Å². The molecule has 3 N–H and O–H groups in total. The normalized spacial score (nSPS) is 11.1. The molecule has 16 heavy (non-hydrogen) atoms. The first kappa shape index (κ1) is 9.30. The van der Waals surface area contributed by atoms with E-state index < -0.39 is 0 Å². The van der Waals surface area contributed by atoms with Crippen molar-refractivity contribution in [2.45, 2.75) is 0 Å². The molecule has 0 saturated heterocycles. The van der Waals surface area contributed by atoms with Crippen LogP contribution in [0.15, 0.2) is 35.1 Å². The molecule has 0 aliphatic rings. The summed E-state index contributed by atoms with van der Waals surface area (Å²) in [6.45, 7) is 0. The van der Waals surface area contributed by atoms with E-state index in [1.165, 1.54) is 6.20 Å². The van der Waals surface area contributed by atoms with Crippen LogP contribution in [0, 0.1) is 0 Å². The predicted molar refractivity (Wildman–Crippen MR) is 63.2 cm³/mol. The summed E-state index contributed by atoms with van der Waals surface area (Å²) in [7, 11) is 0. The Balaban J connectivity index is 2.30. The topological polar surface area (TPSA) is 67.8 Å². The molecule has 4 nitrogen and oxygen atoms in total. The molecule has 3 aromatic rings. The summed E-state index contributed by atoms with van der Waals surface area (Å²) in [6, 6.07) is 5.72. The van der Waals surface area contributed by atoms with Crippen LogP contribution < -0.4 is 5.73 Å². The highest BCUT2D eigenvalue weighted by molar-refractivity contribution is 6.34. The Kier molecular flexibility index (Phi) is 1.91. The van der Waals surface area contributed by atoms with Crippen LogP contribution in [0.4, 0.5) is 5.69 Å². The van der Waals surface area contributed by atoms with Gasteiger partial charge in [0.05, 0.1) is 11.2 Å². The van der Waals surface area contributed by atoms with Crippen LogP contribution in [0.3, 0.4) is 0 Å². The van der Waals surface area contributed by atoms with Gasteiger partial charge in [-0.15, -0.1) is 0 Å². The number of H-pyrrole nitrogens is 1. The first-order valence-corrected chi connectivity index (χ1v) is 5.10. The number of nitrogens with one attached hydrogen (secondary N) is 1. The number of nitrogens with two attached hydrogens (primary N) is 1. The van der Waals surface area contributed by atoms with Crippen molar-refractivity contribution in [1.29, 1.82) is 0 Å². The highest BCUT2D eigenvalue weighted by Gasteiger charge is 2.13. The molecule has 2 heterocycles. The number of aromatic amines is 1. The van der Waals surface area contributed by atoms with E-state index in [1.807, 2.05) is 24.4 Å². The number of hydrogen-bond acceptors (Lipinski definition) is 3. The summed E-state index contributed by atoms with van der Waals surface area (Å²) in [6.07, 6.45) is 3.32. The third kappa shape index (κ3) is 1.27. The molecule has 1 aromatic carbocycles. The minimum Gasteiger partial charge on any atom is -0.394 e. The zero-order valence-corrected chi connectivity index (χ0v) is 8.95. The zero-order valence-electron chi connectivity index (χ0n) is 8.20. The molecule has 3 rings (SSSR count). The molecule has 0 radical (unpaired) electrons. The molecule has 0 fully saturated rings. The summed E-state index contributed by atoms with van der Waals surface area (Å²) in [5.74, 6) is 0.501. The molecule has 2 aromatic heterocycles. The van der Waals surface area contributed by atoms with Gasteiger partial charge in [0, 0.05) is 22.7 Å². The van der Waals surface area contributed by atoms with E-state index in [0.717, 1.165) is 16.5 Å². The van der Waals surface area contributed by atoms with Crippen LogP contribution in [0.5, 0.6) is 0 Å². The van der Waals surface area contributed by atoms with Gasteiger partial charge < -0.3 is 15.2 Å². The van der Waals surface area contributed by atoms with Crippen molar-refractivity contribution in [1.82, 2.24) is 10.1 Å². The predicted octanol–water partition coefficient (Wildman–Crippen LogP) is 3.06. The first-order valence-electron chi connectivity index (χ1n) is 4.73. The number of hydrogen-bond donors (Lipinski definition) is 2. The van der Waals surface area contributed by atoms with Gasteiger partial charge in [-0.05, 0) is 18.2 Å². The lowest BCUT2D eigenvalue weighted by molar-refractivity contribution is 0.432. The van der Waals surface area contributed by atoms with Gasteiger partial charge in [0.2, 0.25) is 0 Å². The lowest BCUT2D eigenvalue weighted by Gasteiger charge is -2.01. The molecular formula is C11H8ClN3O. The monoisotopic (exact) mass is 233 g/mol. The van der Waals surface area contributed by atoms with Crippen LogP contribution in [-0.4, -0.2) is 10.1 Å². The molecule has 80 valence electrons. The van der Waals surface area contributed by atoms with Gasteiger partial charge in [0.25, 0.3) is 0 Å². The van der Waals surface area contributed by atoms with Gasteiger partial charge in [0.1, 0.15) is 5.69 Å². The second-order valence-corrected chi connectivity index (χ2v) is 3.91. The van der Waals surface area contributed by atoms with Gasteiger partial charge >= 0.3 is 0 Å². The Morgan fingerprint density at radius 1 is 1.38 bits per heavy atom. The van der Waals surface area contributed by atoms with Crippen molar-refractivity contribution in [3.8, 4) is 11.3 Å². The number of anilines is 1. The van der Waals surface area contributed by atoms with Crippen molar-refractivity contribution >= 4 is 28.2 Å². The summed E-state index contributed by atoms with van der Waals surface area (Å²) < 4.78 is 5.08. The average Bonchev–Trinajstić information content (AvgIpc) is 2.85. The zero-order chi connectivity index (χ0) is 11.1. The lowest BCUT2D eigenvalue weighted by Crippen LogP contribution is -1.85. The van der Waals surface area contributed by atoms with Gasteiger partial charge in [-0.3, -0.25) is 0 Å². The van der Waals surface area contributed by atoms with E-state index in [2.05, 4.69) is 10.1 Å². The van der Waals surface area contributed by atoms with E-state index in [9.17, 15) is 0 Å². The Hall–Kier alpha value is -1.94. The number of fused-ring (bicyclic) bond motifs is 1. The third-order valence-corrected chi connectivity index (χ3v) is 2.80. The first-order chi connectivity index (χ1) is 7.75. The fourth-order valence-electron chi connectivity index (χ4n) is 1.70. The van der Waals surface area contributed by atoms with E-state index in [1.54, 1.807) is 0 Å². The minimum absolute atomic E-state index is 0.479. The van der Waals surface area contributed by atoms with Crippen LogP contribution in [0.25, 0.3) is 22.2 Å². The Morgan fingerprint density at radius 3 is 3.00 bits per heavy atom. The van der Waals surface area contributed by atoms with Crippen LogP contribution >= 0.6 is 11.6 Å². The number of halogens is 1. The second-order valence-electron chi connectivity index (χ2n) is 3.51. The quantitative estimate of drug-likeness (QED) is 0.679. The van der Waals surface area contributed by atoms with Crippen molar-refractivity contribution in [2.24, 2.45) is 0 Å². The molecule has 0 amide bonds. The second kappa shape index (κ2) is 3.28. The van der Waals surface area contributed by atoms with Crippen molar-refractivity contribution in [3.63, 3.8) is 0 Å². The molecular weight excluding hydrogens is 226 g/mol. The Labute approximate surface area is 96.0 Å². The number of nitrogen functional groups attached to an aromatic ring is 1. The van der Waals surface area contributed by atoms with Crippen molar-refractivity contribution in [3.05, 3.63) is 35.6 Å². The largest absolute Gasteiger partial charge is 0.394 e. The molecule has 0 aliphatic heterocycles. The van der Waals surface area contributed by atoms with E-state index >= 15 is 0 Å². The number of aromatic nitrogens is 2. The highest BCUT2D eigenvalue weighted by atomic mass is 35.5. The maximum absolute atomic E-state index is 6.17. The van der Waals surface area contributed by atoms with E-state index in [4.69, 9.17) is 21.9 Å². The molecule has 5 heteroatoms. The van der Waals surface area contributed by atoms with Crippen LogP contribution in [0.1, 0.15) is 0 Å². The van der Waals surface area contributed by atoms with E-state index in [-0.39, 0.29) is 0 Å². The number of rotatable bonds is 1. The SMILES string of the molecule is Nc1cnoc1-c1cc2[nH]ccc2cc1Cl. The molecule has 0 atom stereocenters. The van der Waals surface area contributed by atoms with Gasteiger partial charge in [0.15, 0.2) is 5.76 Å².